The number of carboxylic acid groups (broad SMARTS) is 1. The predicted octanol–water partition coefficient (Wildman–Crippen LogP) is 2.89. The van der Waals surface area contributed by atoms with Gasteiger partial charge in [-0.2, -0.15) is 0 Å². The Bertz CT molecular complexity index is 565. The molecule has 0 fully saturated rings. The molecule has 1 aromatic rings. The molecule has 2 unspecified atom stereocenters. The maximum Gasteiger partial charge on any atom is 0.340 e. The van der Waals surface area contributed by atoms with Crippen LogP contribution in [0.5, 0.6) is 11.5 Å². The second-order valence-corrected chi connectivity index (χ2v) is 6.00. The number of phenols is 2. The predicted molar refractivity (Wildman–Crippen MR) is 91.2 cm³/mol. The van der Waals surface area contributed by atoms with Crippen LogP contribution in [0.15, 0.2) is 18.2 Å². The average molecular weight is 338 g/mol. The van der Waals surface area contributed by atoms with Gasteiger partial charge in [0.25, 0.3) is 0 Å². The van der Waals surface area contributed by atoms with E-state index in [0.29, 0.717) is 25.7 Å². The zero-order valence-electron chi connectivity index (χ0n) is 13.9. The second kappa shape index (κ2) is 9.95. The summed E-state index contributed by atoms with van der Waals surface area (Å²) >= 11 is 0. The van der Waals surface area contributed by atoms with E-state index in [1.165, 1.54) is 6.07 Å². The van der Waals surface area contributed by atoms with Gasteiger partial charge in [-0.05, 0) is 57.1 Å². The van der Waals surface area contributed by atoms with Crippen molar-refractivity contribution in [3.05, 3.63) is 29.3 Å². The van der Waals surface area contributed by atoms with E-state index in [0.717, 1.165) is 18.9 Å². The van der Waals surface area contributed by atoms with Crippen LogP contribution in [0.4, 0.5) is 0 Å². The molecule has 2 atom stereocenters. The summed E-state index contributed by atoms with van der Waals surface area (Å²) < 4.78 is 0. The zero-order valence-corrected chi connectivity index (χ0v) is 13.9. The van der Waals surface area contributed by atoms with Gasteiger partial charge in [0.15, 0.2) is 0 Å². The molecule has 5 N–H and O–H groups in total. The standard InChI is InChI=1S/C18H26O6/c1-12(19)6-5-9-14(20)8-4-2-3-7-13-10-15(21)11-16(22)17(13)18(23)24/h3,7,10-12,14,19-22H,2,4-6,8-9H2,1H3,(H,23,24)/b7-3+. The van der Waals surface area contributed by atoms with Crippen LogP contribution in [0.1, 0.15) is 61.4 Å². The van der Waals surface area contributed by atoms with Gasteiger partial charge in [0, 0.05) is 6.07 Å². The summed E-state index contributed by atoms with van der Waals surface area (Å²) in [4.78, 5) is 11.2. The Balaban J connectivity index is 2.47. The van der Waals surface area contributed by atoms with Gasteiger partial charge in [-0.25, -0.2) is 4.79 Å². The Labute approximate surface area is 141 Å². The van der Waals surface area contributed by atoms with Crippen molar-refractivity contribution in [2.75, 3.05) is 0 Å². The second-order valence-electron chi connectivity index (χ2n) is 6.00. The van der Waals surface area contributed by atoms with Crippen molar-refractivity contribution in [1.29, 1.82) is 0 Å². The van der Waals surface area contributed by atoms with Crippen molar-refractivity contribution in [1.82, 2.24) is 0 Å². The van der Waals surface area contributed by atoms with E-state index in [2.05, 4.69) is 0 Å². The third-order valence-electron chi connectivity index (χ3n) is 3.71. The van der Waals surface area contributed by atoms with E-state index >= 15 is 0 Å². The highest BCUT2D eigenvalue weighted by atomic mass is 16.4. The fourth-order valence-corrected chi connectivity index (χ4v) is 2.47. The van der Waals surface area contributed by atoms with Crippen LogP contribution in [0.2, 0.25) is 0 Å². The lowest BCUT2D eigenvalue weighted by Gasteiger charge is -2.10. The van der Waals surface area contributed by atoms with E-state index in [-0.39, 0.29) is 23.0 Å². The molecule has 0 aliphatic heterocycles. The highest BCUT2D eigenvalue weighted by Crippen LogP contribution is 2.28. The number of rotatable bonds is 10. The summed E-state index contributed by atoms with van der Waals surface area (Å²) in [5.74, 6) is -1.94. The summed E-state index contributed by atoms with van der Waals surface area (Å²) in [6, 6.07) is 2.27. The number of aliphatic hydroxyl groups is 2. The van der Waals surface area contributed by atoms with E-state index in [9.17, 15) is 20.1 Å². The third kappa shape index (κ3) is 7.02. The molecule has 0 heterocycles. The molecule has 134 valence electrons. The van der Waals surface area contributed by atoms with Crippen LogP contribution in [0.25, 0.3) is 6.08 Å². The normalized spacial score (nSPS) is 14.0. The Morgan fingerprint density at radius 1 is 1.12 bits per heavy atom. The molecule has 0 saturated carbocycles. The number of benzene rings is 1. The first-order valence-electron chi connectivity index (χ1n) is 8.13. The molecular formula is C18H26O6. The minimum Gasteiger partial charge on any atom is -0.508 e. The lowest BCUT2D eigenvalue weighted by Crippen LogP contribution is -2.08. The largest absolute Gasteiger partial charge is 0.508 e. The SMILES string of the molecule is CC(O)CCCC(O)CCC/C=C/c1cc(O)cc(O)c1C(=O)O. The fourth-order valence-electron chi connectivity index (χ4n) is 2.47. The lowest BCUT2D eigenvalue weighted by molar-refractivity contribution is 0.0693. The third-order valence-corrected chi connectivity index (χ3v) is 3.71. The molecule has 0 amide bonds. The number of allylic oxidation sites excluding steroid dienone is 1. The Morgan fingerprint density at radius 2 is 1.79 bits per heavy atom. The van der Waals surface area contributed by atoms with Gasteiger partial charge in [-0.15, -0.1) is 0 Å². The zero-order chi connectivity index (χ0) is 18.1. The first kappa shape index (κ1) is 20.0. The van der Waals surface area contributed by atoms with Gasteiger partial charge in [0.1, 0.15) is 17.1 Å². The molecule has 0 aliphatic rings. The first-order valence-corrected chi connectivity index (χ1v) is 8.13. The topological polar surface area (TPSA) is 118 Å². The molecule has 0 aromatic heterocycles. The van der Waals surface area contributed by atoms with Crippen LogP contribution in [0, 0.1) is 0 Å². The first-order chi connectivity index (χ1) is 11.3. The summed E-state index contributed by atoms with van der Waals surface area (Å²) in [5.41, 5.74) is -0.0142. The van der Waals surface area contributed by atoms with Gasteiger partial charge in [-0.3, -0.25) is 0 Å². The number of hydrogen-bond acceptors (Lipinski definition) is 5. The Morgan fingerprint density at radius 3 is 2.42 bits per heavy atom. The molecule has 0 bridgehead atoms. The smallest absolute Gasteiger partial charge is 0.340 e. The van der Waals surface area contributed by atoms with Crippen molar-refractivity contribution < 1.29 is 30.3 Å². The molecule has 0 saturated heterocycles. The number of carboxylic acids is 1. The number of aromatic carboxylic acids is 1. The van der Waals surface area contributed by atoms with Gasteiger partial charge in [0.2, 0.25) is 0 Å². The lowest BCUT2D eigenvalue weighted by atomic mass is 10.0. The number of unbranched alkanes of at least 4 members (excludes halogenated alkanes) is 1. The van der Waals surface area contributed by atoms with E-state index in [1.54, 1.807) is 19.1 Å². The highest BCUT2D eigenvalue weighted by Gasteiger charge is 2.15. The molecule has 0 aliphatic carbocycles. The molecule has 0 spiro atoms. The molecule has 24 heavy (non-hydrogen) atoms. The van der Waals surface area contributed by atoms with E-state index in [1.807, 2.05) is 0 Å². The average Bonchev–Trinajstić information content (AvgIpc) is 2.45. The number of carbonyl (C=O) groups is 1. The minimum atomic E-state index is -1.26. The summed E-state index contributed by atoms with van der Waals surface area (Å²) in [6.07, 6.45) is 6.65. The summed E-state index contributed by atoms with van der Waals surface area (Å²) in [7, 11) is 0. The van der Waals surface area contributed by atoms with Crippen molar-refractivity contribution in [2.45, 2.75) is 57.7 Å². The monoisotopic (exact) mass is 338 g/mol. The van der Waals surface area contributed by atoms with Crippen molar-refractivity contribution in [3.8, 4) is 11.5 Å². The van der Waals surface area contributed by atoms with Crippen molar-refractivity contribution in [2.24, 2.45) is 0 Å². The maximum atomic E-state index is 11.2. The van der Waals surface area contributed by atoms with Gasteiger partial charge >= 0.3 is 5.97 Å². The number of aliphatic hydroxyl groups excluding tert-OH is 2. The molecule has 1 rings (SSSR count). The molecule has 0 radical (unpaired) electrons. The molecule has 6 heteroatoms. The number of hydrogen-bond donors (Lipinski definition) is 5. The summed E-state index contributed by atoms with van der Waals surface area (Å²) in [6.45, 7) is 1.72. The Hall–Kier alpha value is -2.05. The molecule has 1 aromatic carbocycles. The van der Waals surface area contributed by atoms with Gasteiger partial charge < -0.3 is 25.5 Å². The highest BCUT2D eigenvalue weighted by molar-refractivity contribution is 5.95. The van der Waals surface area contributed by atoms with Crippen LogP contribution in [-0.2, 0) is 0 Å². The van der Waals surface area contributed by atoms with Crippen molar-refractivity contribution in [3.63, 3.8) is 0 Å². The summed E-state index contributed by atoms with van der Waals surface area (Å²) in [5, 5.41) is 47.2. The quantitative estimate of drug-likeness (QED) is 0.419. The number of aromatic hydroxyl groups is 2. The van der Waals surface area contributed by atoms with Crippen LogP contribution < -0.4 is 0 Å². The number of phenolic OH excluding ortho intramolecular Hbond substituents is 1. The van der Waals surface area contributed by atoms with Crippen LogP contribution in [0.3, 0.4) is 0 Å². The van der Waals surface area contributed by atoms with Gasteiger partial charge in [0.05, 0.1) is 12.2 Å². The van der Waals surface area contributed by atoms with E-state index in [4.69, 9.17) is 10.2 Å². The van der Waals surface area contributed by atoms with Crippen LogP contribution >= 0.6 is 0 Å². The minimum absolute atomic E-state index is 0.203. The molecule has 6 nitrogen and oxygen atoms in total. The Kier molecular flexibility index (Phi) is 8.29. The fraction of sp³-hybridized carbons (Fsp3) is 0.500. The van der Waals surface area contributed by atoms with E-state index < -0.39 is 17.8 Å². The maximum absolute atomic E-state index is 11.2. The van der Waals surface area contributed by atoms with Gasteiger partial charge in [-0.1, -0.05) is 12.2 Å². The van der Waals surface area contributed by atoms with Crippen LogP contribution in [-0.4, -0.2) is 43.7 Å². The van der Waals surface area contributed by atoms with Crippen molar-refractivity contribution >= 4 is 12.0 Å². The molecular weight excluding hydrogens is 312 g/mol.